The summed E-state index contributed by atoms with van der Waals surface area (Å²) in [5.41, 5.74) is 0. The molecule has 0 bridgehead atoms. The van der Waals surface area contributed by atoms with Crippen LogP contribution in [0.15, 0.2) is 0 Å². The minimum absolute atomic E-state index is 0. The average molecular weight is 224 g/mol. The largest absolute Gasteiger partial charge is 0.462 e. The van der Waals surface area contributed by atoms with Crippen LogP contribution < -0.4 is 5.32 Å². The highest BCUT2D eigenvalue weighted by atomic mass is 35.5. The third kappa shape index (κ3) is 7.15. The Morgan fingerprint density at radius 2 is 1.79 bits per heavy atom. The maximum absolute atomic E-state index is 11.4. The molecule has 3 nitrogen and oxygen atoms in total. The fourth-order valence-corrected chi connectivity index (χ4v) is 1.12. The first-order chi connectivity index (χ1) is 5.97. The van der Waals surface area contributed by atoms with Gasteiger partial charge in [0.15, 0.2) is 0 Å². The lowest BCUT2D eigenvalue weighted by atomic mass is 10.0. The van der Waals surface area contributed by atoms with E-state index < -0.39 is 0 Å². The molecule has 1 N–H and O–H groups in total. The summed E-state index contributed by atoms with van der Waals surface area (Å²) in [6.07, 6.45) is 0.790. The summed E-state index contributed by atoms with van der Waals surface area (Å²) in [6, 6.07) is -0.164. The average Bonchev–Trinajstić information content (AvgIpc) is 1.98. The van der Waals surface area contributed by atoms with Crippen LogP contribution in [0.25, 0.3) is 0 Å². The lowest BCUT2D eigenvalue weighted by Gasteiger charge is -2.18. The Morgan fingerprint density at radius 1 is 1.29 bits per heavy atom. The summed E-state index contributed by atoms with van der Waals surface area (Å²) in [7, 11) is 1.79. The zero-order valence-electron chi connectivity index (χ0n) is 9.66. The molecule has 0 aliphatic heterocycles. The molecule has 0 aromatic rings. The molecule has 1 unspecified atom stereocenters. The minimum atomic E-state index is -0.164. The van der Waals surface area contributed by atoms with Crippen molar-refractivity contribution in [3.05, 3.63) is 0 Å². The molecule has 0 saturated heterocycles. The van der Waals surface area contributed by atoms with Crippen LogP contribution in [0.1, 0.15) is 34.1 Å². The topological polar surface area (TPSA) is 38.3 Å². The quantitative estimate of drug-likeness (QED) is 0.725. The van der Waals surface area contributed by atoms with Crippen LogP contribution in [0.3, 0.4) is 0 Å². The number of carbonyl (C=O) groups is 1. The Balaban J connectivity index is 0. The number of hydrogen-bond donors (Lipinski definition) is 1. The third-order valence-electron chi connectivity index (χ3n) is 1.69. The van der Waals surface area contributed by atoms with E-state index in [2.05, 4.69) is 19.2 Å². The number of esters is 1. The van der Waals surface area contributed by atoms with E-state index in [0.717, 1.165) is 6.42 Å². The number of rotatable bonds is 5. The SMILES string of the molecule is CNC(CC(C)C)C(=O)OC(C)C.Cl. The minimum Gasteiger partial charge on any atom is -0.462 e. The second-order valence-electron chi connectivity index (χ2n) is 3.96. The van der Waals surface area contributed by atoms with Crippen molar-refractivity contribution < 1.29 is 9.53 Å². The van der Waals surface area contributed by atoms with Crippen LogP contribution in [0.2, 0.25) is 0 Å². The van der Waals surface area contributed by atoms with Crippen molar-refractivity contribution in [2.45, 2.75) is 46.3 Å². The molecule has 0 spiro atoms. The van der Waals surface area contributed by atoms with E-state index in [4.69, 9.17) is 4.74 Å². The number of halogens is 1. The van der Waals surface area contributed by atoms with E-state index in [1.807, 2.05) is 13.8 Å². The molecule has 0 aliphatic carbocycles. The van der Waals surface area contributed by atoms with Crippen molar-refractivity contribution in [1.82, 2.24) is 5.32 Å². The monoisotopic (exact) mass is 223 g/mol. The molecule has 86 valence electrons. The van der Waals surface area contributed by atoms with Gasteiger partial charge in [0.25, 0.3) is 0 Å². The van der Waals surface area contributed by atoms with Crippen LogP contribution in [0.4, 0.5) is 0 Å². The van der Waals surface area contributed by atoms with E-state index in [9.17, 15) is 4.79 Å². The maximum atomic E-state index is 11.4. The highest BCUT2D eigenvalue weighted by Gasteiger charge is 2.19. The van der Waals surface area contributed by atoms with Gasteiger partial charge in [0.05, 0.1) is 6.10 Å². The molecule has 0 rings (SSSR count). The van der Waals surface area contributed by atoms with Gasteiger partial charge in [-0.1, -0.05) is 13.8 Å². The predicted octanol–water partition coefficient (Wildman–Crippen LogP) is 1.99. The van der Waals surface area contributed by atoms with Crippen molar-refractivity contribution in [1.29, 1.82) is 0 Å². The van der Waals surface area contributed by atoms with Crippen molar-refractivity contribution in [2.24, 2.45) is 5.92 Å². The van der Waals surface area contributed by atoms with Crippen molar-refractivity contribution in [2.75, 3.05) is 7.05 Å². The molecule has 0 saturated carbocycles. The summed E-state index contributed by atoms with van der Waals surface area (Å²) >= 11 is 0. The highest BCUT2D eigenvalue weighted by molar-refractivity contribution is 5.85. The van der Waals surface area contributed by atoms with Crippen molar-refractivity contribution >= 4 is 18.4 Å². The van der Waals surface area contributed by atoms with Gasteiger partial charge in [-0.15, -0.1) is 12.4 Å². The standard InChI is InChI=1S/C10H21NO2.ClH/c1-7(2)6-9(11-5)10(12)13-8(3)4;/h7-9,11H,6H2,1-5H3;1H. The van der Waals surface area contributed by atoms with E-state index in [1.54, 1.807) is 7.05 Å². The van der Waals surface area contributed by atoms with Crippen LogP contribution >= 0.6 is 12.4 Å². The number of carbonyl (C=O) groups excluding carboxylic acids is 1. The molecule has 0 radical (unpaired) electrons. The maximum Gasteiger partial charge on any atom is 0.323 e. The van der Waals surface area contributed by atoms with E-state index in [0.29, 0.717) is 5.92 Å². The molecular weight excluding hydrogens is 202 g/mol. The lowest BCUT2D eigenvalue weighted by Crippen LogP contribution is -2.37. The predicted molar refractivity (Wildman–Crippen MR) is 60.8 cm³/mol. The molecular formula is C10H22ClNO2. The molecule has 1 atom stereocenters. The summed E-state index contributed by atoms with van der Waals surface area (Å²) < 4.78 is 5.10. The van der Waals surface area contributed by atoms with Gasteiger partial charge in [0.1, 0.15) is 6.04 Å². The second-order valence-corrected chi connectivity index (χ2v) is 3.96. The van der Waals surface area contributed by atoms with Gasteiger partial charge in [-0.05, 0) is 33.2 Å². The third-order valence-corrected chi connectivity index (χ3v) is 1.69. The first-order valence-electron chi connectivity index (χ1n) is 4.85. The Bertz CT molecular complexity index is 160. The first kappa shape index (κ1) is 16.2. The number of likely N-dealkylation sites (N-methyl/N-ethyl adjacent to an activating group) is 1. The molecule has 0 fully saturated rings. The fraction of sp³-hybridized carbons (Fsp3) is 0.900. The van der Waals surface area contributed by atoms with Crippen LogP contribution in [-0.4, -0.2) is 25.2 Å². The van der Waals surface area contributed by atoms with E-state index in [-0.39, 0.29) is 30.5 Å². The molecule has 0 amide bonds. The summed E-state index contributed by atoms with van der Waals surface area (Å²) in [6.45, 7) is 7.90. The molecule has 14 heavy (non-hydrogen) atoms. The Morgan fingerprint density at radius 3 is 2.07 bits per heavy atom. The normalized spacial score (nSPS) is 12.5. The van der Waals surface area contributed by atoms with Crippen LogP contribution in [0, 0.1) is 5.92 Å². The van der Waals surface area contributed by atoms with Crippen molar-refractivity contribution in [3.8, 4) is 0 Å². The number of ether oxygens (including phenoxy) is 1. The number of hydrogen-bond acceptors (Lipinski definition) is 3. The zero-order chi connectivity index (χ0) is 10.4. The summed E-state index contributed by atoms with van der Waals surface area (Å²) in [4.78, 5) is 11.4. The van der Waals surface area contributed by atoms with Gasteiger partial charge in [0.2, 0.25) is 0 Å². The van der Waals surface area contributed by atoms with Gasteiger partial charge in [-0.2, -0.15) is 0 Å². The summed E-state index contributed by atoms with van der Waals surface area (Å²) in [5, 5.41) is 2.96. The molecule has 0 aromatic carbocycles. The fourth-order valence-electron chi connectivity index (χ4n) is 1.12. The summed E-state index contributed by atoms with van der Waals surface area (Å²) in [5.74, 6) is 0.350. The lowest BCUT2D eigenvalue weighted by molar-refractivity contribution is -0.150. The van der Waals surface area contributed by atoms with E-state index in [1.165, 1.54) is 0 Å². The Hall–Kier alpha value is -0.280. The zero-order valence-corrected chi connectivity index (χ0v) is 10.5. The Labute approximate surface area is 93.0 Å². The van der Waals surface area contributed by atoms with Gasteiger partial charge >= 0.3 is 5.97 Å². The van der Waals surface area contributed by atoms with Crippen molar-refractivity contribution in [3.63, 3.8) is 0 Å². The first-order valence-corrected chi connectivity index (χ1v) is 4.85. The Kier molecular flexibility index (Phi) is 9.31. The van der Waals surface area contributed by atoms with Gasteiger partial charge in [0, 0.05) is 0 Å². The molecule has 0 aliphatic rings. The highest BCUT2D eigenvalue weighted by Crippen LogP contribution is 2.06. The smallest absolute Gasteiger partial charge is 0.323 e. The van der Waals surface area contributed by atoms with Gasteiger partial charge < -0.3 is 10.1 Å². The second kappa shape index (κ2) is 8.06. The molecule has 0 heterocycles. The van der Waals surface area contributed by atoms with Crippen LogP contribution in [-0.2, 0) is 9.53 Å². The van der Waals surface area contributed by atoms with Gasteiger partial charge in [-0.3, -0.25) is 4.79 Å². The number of nitrogens with one attached hydrogen (secondary N) is 1. The van der Waals surface area contributed by atoms with Crippen LogP contribution in [0.5, 0.6) is 0 Å². The van der Waals surface area contributed by atoms with Gasteiger partial charge in [-0.25, -0.2) is 0 Å². The molecule has 0 aromatic heterocycles. The van der Waals surface area contributed by atoms with E-state index >= 15 is 0 Å². The molecule has 4 heteroatoms.